The van der Waals surface area contributed by atoms with Crippen LogP contribution in [0.25, 0.3) is 6.08 Å². The van der Waals surface area contributed by atoms with Gasteiger partial charge < -0.3 is 14.4 Å². The summed E-state index contributed by atoms with van der Waals surface area (Å²) in [5.74, 6) is 1.41. The van der Waals surface area contributed by atoms with Crippen molar-refractivity contribution in [1.29, 1.82) is 0 Å². The minimum atomic E-state index is 0.0501. The molecule has 2 heterocycles. The van der Waals surface area contributed by atoms with Gasteiger partial charge >= 0.3 is 0 Å². The van der Waals surface area contributed by atoms with Crippen LogP contribution in [0.2, 0.25) is 5.02 Å². The first kappa shape index (κ1) is 21.2. The van der Waals surface area contributed by atoms with E-state index in [1.807, 2.05) is 11.0 Å². The largest absolute Gasteiger partial charge is 0.496 e. The van der Waals surface area contributed by atoms with E-state index >= 15 is 0 Å². The highest BCUT2D eigenvalue weighted by Gasteiger charge is 2.27. The summed E-state index contributed by atoms with van der Waals surface area (Å²) in [6.07, 6.45) is 6.13. The molecule has 6 heteroatoms. The molecule has 0 aromatic heterocycles. The Morgan fingerprint density at radius 2 is 1.93 bits per heavy atom. The van der Waals surface area contributed by atoms with E-state index in [1.54, 1.807) is 31.4 Å². The fourth-order valence-electron chi connectivity index (χ4n) is 4.24. The maximum atomic E-state index is 12.6. The lowest BCUT2D eigenvalue weighted by Crippen LogP contribution is -2.48. The number of morpholine rings is 1. The number of likely N-dealkylation sites (tertiary alicyclic amines) is 1. The number of ether oxygens (including phenoxy) is 2. The van der Waals surface area contributed by atoms with Crippen LogP contribution in [-0.2, 0) is 9.53 Å². The lowest BCUT2D eigenvalue weighted by atomic mass is 9.95. The van der Waals surface area contributed by atoms with Crippen molar-refractivity contribution < 1.29 is 14.3 Å². The summed E-state index contributed by atoms with van der Waals surface area (Å²) in [5, 5.41) is 0.625. The highest BCUT2D eigenvalue weighted by atomic mass is 35.5. The third kappa shape index (κ3) is 5.72. The zero-order valence-electron chi connectivity index (χ0n) is 17.1. The van der Waals surface area contributed by atoms with Crippen molar-refractivity contribution in [1.82, 2.24) is 9.80 Å². The van der Waals surface area contributed by atoms with E-state index in [-0.39, 0.29) is 5.91 Å². The highest BCUT2D eigenvalue weighted by molar-refractivity contribution is 6.30. The number of benzene rings is 1. The molecular formula is C22H31ClN2O3. The van der Waals surface area contributed by atoms with Crippen LogP contribution in [0.5, 0.6) is 5.75 Å². The van der Waals surface area contributed by atoms with E-state index in [0.717, 1.165) is 51.1 Å². The van der Waals surface area contributed by atoms with E-state index in [2.05, 4.69) is 18.7 Å². The number of hydrogen-bond donors (Lipinski definition) is 0. The van der Waals surface area contributed by atoms with Gasteiger partial charge in [0.1, 0.15) is 5.75 Å². The summed E-state index contributed by atoms with van der Waals surface area (Å²) in [6, 6.07) is 5.40. The first-order chi connectivity index (χ1) is 13.4. The van der Waals surface area contributed by atoms with Crippen LogP contribution in [0, 0.1) is 5.92 Å². The smallest absolute Gasteiger partial charge is 0.246 e. The molecule has 154 valence electrons. The van der Waals surface area contributed by atoms with Crippen molar-refractivity contribution in [2.45, 2.75) is 38.9 Å². The standard InChI is InChI=1S/C22H31ClN2O3/c1-16-13-24(14-17(2)28-16)15-18-8-10-25(11-9-18)22(26)7-4-19-12-20(23)5-6-21(19)27-3/h4-7,12,16-18H,8-11,13-15H2,1-3H3/b7-4+. The van der Waals surface area contributed by atoms with Crippen LogP contribution < -0.4 is 4.74 Å². The number of carbonyl (C=O) groups is 1. The van der Waals surface area contributed by atoms with Crippen LogP contribution in [0.15, 0.2) is 24.3 Å². The molecule has 5 nitrogen and oxygen atoms in total. The van der Waals surface area contributed by atoms with Gasteiger partial charge in [-0.25, -0.2) is 0 Å². The molecule has 2 aliphatic heterocycles. The van der Waals surface area contributed by atoms with E-state index in [9.17, 15) is 4.79 Å². The average molecular weight is 407 g/mol. The van der Waals surface area contributed by atoms with Gasteiger partial charge in [0.15, 0.2) is 0 Å². The van der Waals surface area contributed by atoms with Crippen molar-refractivity contribution in [3.05, 3.63) is 34.9 Å². The van der Waals surface area contributed by atoms with E-state index in [0.29, 0.717) is 28.9 Å². The zero-order valence-corrected chi connectivity index (χ0v) is 17.8. The normalized spacial score (nSPS) is 24.6. The Hall–Kier alpha value is -1.56. The van der Waals surface area contributed by atoms with Crippen LogP contribution >= 0.6 is 11.6 Å². The van der Waals surface area contributed by atoms with Crippen LogP contribution in [0.3, 0.4) is 0 Å². The molecule has 1 aromatic rings. The van der Waals surface area contributed by atoms with Gasteiger partial charge in [0.05, 0.1) is 19.3 Å². The lowest BCUT2D eigenvalue weighted by Gasteiger charge is -2.39. The Kier molecular flexibility index (Phi) is 7.38. The Bertz CT molecular complexity index is 691. The molecule has 2 atom stereocenters. The molecule has 0 saturated carbocycles. The Labute approximate surface area is 173 Å². The molecule has 0 N–H and O–H groups in total. The van der Waals surface area contributed by atoms with Crippen molar-refractivity contribution >= 4 is 23.6 Å². The summed E-state index contributed by atoms with van der Waals surface area (Å²) in [7, 11) is 1.61. The SMILES string of the molecule is COc1ccc(Cl)cc1/C=C/C(=O)N1CCC(CN2CC(C)OC(C)C2)CC1. The highest BCUT2D eigenvalue weighted by Crippen LogP contribution is 2.25. The minimum Gasteiger partial charge on any atom is -0.496 e. The second-order valence-electron chi connectivity index (χ2n) is 7.96. The minimum absolute atomic E-state index is 0.0501. The third-order valence-corrected chi connectivity index (χ3v) is 5.77. The molecule has 0 bridgehead atoms. The molecule has 28 heavy (non-hydrogen) atoms. The first-order valence-electron chi connectivity index (χ1n) is 10.1. The molecule has 2 unspecified atom stereocenters. The summed E-state index contributed by atoms with van der Waals surface area (Å²) in [5.41, 5.74) is 0.814. The predicted octanol–water partition coefficient (Wildman–Crippen LogP) is 3.71. The maximum absolute atomic E-state index is 12.6. The number of methoxy groups -OCH3 is 1. The third-order valence-electron chi connectivity index (χ3n) is 5.54. The summed E-state index contributed by atoms with van der Waals surface area (Å²) < 4.78 is 11.2. The summed E-state index contributed by atoms with van der Waals surface area (Å²) in [4.78, 5) is 17.0. The molecule has 2 aliphatic rings. The van der Waals surface area contributed by atoms with Crippen molar-refractivity contribution in [2.24, 2.45) is 5.92 Å². The quantitative estimate of drug-likeness (QED) is 0.699. The fraction of sp³-hybridized carbons (Fsp3) is 0.591. The topological polar surface area (TPSA) is 42.0 Å². The number of nitrogens with zero attached hydrogens (tertiary/aromatic N) is 2. The monoisotopic (exact) mass is 406 g/mol. The van der Waals surface area contributed by atoms with Gasteiger partial charge in [0.2, 0.25) is 5.91 Å². The van der Waals surface area contributed by atoms with Crippen molar-refractivity contribution in [3.63, 3.8) is 0 Å². The van der Waals surface area contributed by atoms with E-state index in [4.69, 9.17) is 21.1 Å². The number of halogens is 1. The zero-order chi connectivity index (χ0) is 20.1. The second-order valence-corrected chi connectivity index (χ2v) is 8.40. The fourth-order valence-corrected chi connectivity index (χ4v) is 4.42. The van der Waals surface area contributed by atoms with Gasteiger partial charge in [-0.2, -0.15) is 0 Å². The predicted molar refractivity (Wildman–Crippen MR) is 113 cm³/mol. The molecule has 2 saturated heterocycles. The van der Waals surface area contributed by atoms with Crippen LogP contribution in [0.4, 0.5) is 0 Å². The number of piperidine rings is 1. The van der Waals surface area contributed by atoms with Crippen LogP contribution in [-0.4, -0.2) is 67.7 Å². The summed E-state index contributed by atoms with van der Waals surface area (Å²) >= 11 is 6.06. The molecule has 0 aliphatic carbocycles. The Morgan fingerprint density at radius 3 is 2.57 bits per heavy atom. The van der Waals surface area contributed by atoms with Gasteiger partial charge in [-0.3, -0.25) is 9.69 Å². The average Bonchev–Trinajstić information content (AvgIpc) is 2.66. The number of hydrogen-bond acceptors (Lipinski definition) is 4. The van der Waals surface area contributed by atoms with Crippen molar-refractivity contribution in [2.75, 3.05) is 39.8 Å². The van der Waals surface area contributed by atoms with Crippen LogP contribution in [0.1, 0.15) is 32.3 Å². The van der Waals surface area contributed by atoms with E-state index < -0.39 is 0 Å². The number of rotatable bonds is 5. The number of carbonyl (C=O) groups excluding carboxylic acids is 1. The molecule has 0 spiro atoms. The van der Waals surface area contributed by atoms with Crippen molar-refractivity contribution in [3.8, 4) is 5.75 Å². The molecule has 2 fully saturated rings. The van der Waals surface area contributed by atoms with Gasteiger partial charge in [0, 0.05) is 49.4 Å². The maximum Gasteiger partial charge on any atom is 0.246 e. The first-order valence-corrected chi connectivity index (χ1v) is 10.5. The summed E-state index contributed by atoms with van der Waals surface area (Å²) in [6.45, 7) is 9.04. The van der Waals surface area contributed by atoms with Gasteiger partial charge in [0.25, 0.3) is 0 Å². The Balaban J connectivity index is 1.49. The van der Waals surface area contributed by atoms with E-state index in [1.165, 1.54) is 0 Å². The number of amides is 1. The molecule has 1 aromatic carbocycles. The van der Waals surface area contributed by atoms with Gasteiger partial charge in [-0.05, 0) is 56.9 Å². The lowest BCUT2D eigenvalue weighted by molar-refractivity contribution is -0.127. The van der Waals surface area contributed by atoms with Gasteiger partial charge in [-0.1, -0.05) is 11.6 Å². The molecule has 0 radical (unpaired) electrons. The Morgan fingerprint density at radius 1 is 1.25 bits per heavy atom. The van der Waals surface area contributed by atoms with Gasteiger partial charge in [-0.15, -0.1) is 0 Å². The second kappa shape index (κ2) is 9.77. The molecular weight excluding hydrogens is 376 g/mol. The molecule has 3 rings (SSSR count). The molecule has 1 amide bonds.